The maximum atomic E-state index is 12.7. The fourth-order valence-corrected chi connectivity index (χ4v) is 3.11. The Hall–Kier alpha value is -3.28. The lowest BCUT2D eigenvalue weighted by Crippen LogP contribution is -2.27. The van der Waals surface area contributed by atoms with Crippen molar-refractivity contribution >= 4 is 23.1 Å². The molecule has 0 fully saturated rings. The van der Waals surface area contributed by atoms with E-state index in [1.165, 1.54) is 19.7 Å². The van der Waals surface area contributed by atoms with Crippen molar-refractivity contribution in [1.82, 2.24) is 4.90 Å². The lowest BCUT2D eigenvalue weighted by molar-refractivity contribution is -0.135. The Morgan fingerprint density at radius 1 is 0.893 bits per heavy atom. The minimum absolute atomic E-state index is 0.247. The average Bonchev–Trinajstić information content (AvgIpc) is 2.91. The summed E-state index contributed by atoms with van der Waals surface area (Å²) in [5.41, 5.74) is 3.08. The van der Waals surface area contributed by atoms with Gasteiger partial charge in [-0.15, -0.1) is 0 Å². The van der Waals surface area contributed by atoms with Gasteiger partial charge < -0.3 is 14.8 Å². The monoisotopic (exact) mass is 380 g/mol. The van der Waals surface area contributed by atoms with Crippen LogP contribution in [0.2, 0.25) is 0 Å². The number of amides is 2. The van der Waals surface area contributed by atoms with Crippen LogP contribution < -0.4 is 14.8 Å². The maximum Gasteiger partial charge on any atom is 0.277 e. The molecule has 0 radical (unpaired) electrons. The van der Waals surface area contributed by atoms with E-state index in [-0.39, 0.29) is 17.5 Å². The van der Waals surface area contributed by atoms with Gasteiger partial charge in [-0.05, 0) is 41.3 Å². The number of nitrogens with one attached hydrogen (secondary N) is 1. The molecule has 2 aromatic carbocycles. The largest absolute Gasteiger partial charge is 0.493 e. The van der Waals surface area contributed by atoms with Crippen LogP contribution in [0.5, 0.6) is 11.5 Å². The maximum absolute atomic E-state index is 12.7. The number of likely N-dealkylation sites (N-methyl/N-ethyl adjacent to an activating group) is 1. The van der Waals surface area contributed by atoms with Crippen LogP contribution in [-0.2, 0) is 9.59 Å². The smallest absolute Gasteiger partial charge is 0.277 e. The van der Waals surface area contributed by atoms with E-state index in [0.717, 1.165) is 10.6 Å². The van der Waals surface area contributed by atoms with Gasteiger partial charge in [-0.2, -0.15) is 0 Å². The second kappa shape index (κ2) is 7.76. The standard InChI is InChI=1S/C22H24N2O4/c1-13(2)14-6-9-16(10-7-14)23-20-19(21(25)24(3)22(20)26)15-8-11-17(27-4)18(12-15)28-5/h6-13,23H,1-5H3. The molecular formula is C22H24N2O4. The Morgan fingerprint density at radius 2 is 1.54 bits per heavy atom. The van der Waals surface area contributed by atoms with Crippen molar-refractivity contribution < 1.29 is 19.1 Å². The fraction of sp³-hybridized carbons (Fsp3) is 0.273. The second-order valence-corrected chi connectivity index (χ2v) is 6.89. The second-order valence-electron chi connectivity index (χ2n) is 6.89. The van der Waals surface area contributed by atoms with E-state index < -0.39 is 0 Å². The Kier molecular flexibility index (Phi) is 5.40. The van der Waals surface area contributed by atoms with Gasteiger partial charge in [-0.3, -0.25) is 14.5 Å². The van der Waals surface area contributed by atoms with Gasteiger partial charge in [0.05, 0.1) is 19.8 Å². The molecule has 146 valence electrons. The molecule has 0 spiro atoms. The lowest BCUT2D eigenvalue weighted by atomic mass is 10.0. The van der Waals surface area contributed by atoms with E-state index in [2.05, 4.69) is 19.2 Å². The molecule has 0 aliphatic carbocycles. The van der Waals surface area contributed by atoms with E-state index in [1.54, 1.807) is 25.3 Å². The molecule has 0 bridgehead atoms. The Bertz CT molecular complexity index is 946. The van der Waals surface area contributed by atoms with E-state index in [1.807, 2.05) is 24.3 Å². The summed E-state index contributed by atoms with van der Waals surface area (Å²) < 4.78 is 10.6. The predicted molar refractivity (Wildman–Crippen MR) is 108 cm³/mol. The topological polar surface area (TPSA) is 67.9 Å². The first-order valence-corrected chi connectivity index (χ1v) is 9.03. The summed E-state index contributed by atoms with van der Waals surface area (Å²) in [5, 5.41) is 3.13. The molecule has 1 aliphatic rings. The number of hydrogen-bond acceptors (Lipinski definition) is 5. The Labute approximate surface area is 164 Å². The van der Waals surface area contributed by atoms with Crippen molar-refractivity contribution in [2.75, 3.05) is 26.6 Å². The number of imide groups is 1. The van der Waals surface area contributed by atoms with Gasteiger partial charge >= 0.3 is 0 Å². The normalized spacial score (nSPS) is 14.1. The molecule has 6 heteroatoms. The van der Waals surface area contributed by atoms with Crippen molar-refractivity contribution in [3.05, 3.63) is 59.3 Å². The highest BCUT2D eigenvalue weighted by atomic mass is 16.5. The van der Waals surface area contributed by atoms with E-state index in [4.69, 9.17) is 9.47 Å². The summed E-state index contributed by atoms with van der Waals surface area (Å²) >= 11 is 0. The number of anilines is 1. The minimum Gasteiger partial charge on any atom is -0.493 e. The van der Waals surface area contributed by atoms with E-state index in [0.29, 0.717) is 28.6 Å². The van der Waals surface area contributed by atoms with Crippen molar-refractivity contribution in [3.8, 4) is 11.5 Å². The first-order chi connectivity index (χ1) is 13.4. The molecule has 0 unspecified atom stereocenters. The van der Waals surface area contributed by atoms with Crippen LogP contribution >= 0.6 is 0 Å². The lowest BCUT2D eigenvalue weighted by Gasteiger charge is -2.12. The third-order valence-corrected chi connectivity index (χ3v) is 4.81. The van der Waals surface area contributed by atoms with Gasteiger partial charge in [0.2, 0.25) is 0 Å². The molecule has 0 atom stereocenters. The number of nitrogens with zero attached hydrogens (tertiary/aromatic N) is 1. The molecular weight excluding hydrogens is 356 g/mol. The van der Waals surface area contributed by atoms with Crippen molar-refractivity contribution in [3.63, 3.8) is 0 Å². The Balaban J connectivity index is 2.05. The molecule has 6 nitrogen and oxygen atoms in total. The van der Waals surface area contributed by atoms with Crippen LogP contribution in [0.15, 0.2) is 48.2 Å². The third-order valence-electron chi connectivity index (χ3n) is 4.81. The highest BCUT2D eigenvalue weighted by Gasteiger charge is 2.37. The number of carbonyl (C=O) groups excluding carboxylic acids is 2. The van der Waals surface area contributed by atoms with Gasteiger partial charge in [-0.1, -0.05) is 32.0 Å². The molecule has 2 amide bonds. The molecule has 0 saturated heterocycles. The summed E-state index contributed by atoms with van der Waals surface area (Å²) in [6, 6.07) is 13.0. The zero-order chi connectivity index (χ0) is 20.4. The van der Waals surface area contributed by atoms with E-state index in [9.17, 15) is 9.59 Å². The molecule has 2 aromatic rings. The van der Waals surface area contributed by atoms with Crippen LogP contribution in [-0.4, -0.2) is 38.0 Å². The number of benzene rings is 2. The predicted octanol–water partition coefficient (Wildman–Crippen LogP) is 3.65. The Morgan fingerprint density at radius 3 is 2.11 bits per heavy atom. The van der Waals surface area contributed by atoms with E-state index >= 15 is 0 Å². The van der Waals surface area contributed by atoms with Crippen molar-refractivity contribution in [2.45, 2.75) is 19.8 Å². The molecule has 1 heterocycles. The minimum atomic E-state index is -0.372. The summed E-state index contributed by atoms with van der Waals surface area (Å²) in [7, 11) is 4.55. The molecule has 1 N–H and O–H groups in total. The number of hydrogen-bond donors (Lipinski definition) is 1. The zero-order valence-electron chi connectivity index (χ0n) is 16.7. The highest BCUT2D eigenvalue weighted by molar-refractivity contribution is 6.36. The summed E-state index contributed by atoms with van der Waals surface area (Å²) in [6.07, 6.45) is 0. The summed E-state index contributed by atoms with van der Waals surface area (Å²) in [6.45, 7) is 4.24. The molecule has 28 heavy (non-hydrogen) atoms. The van der Waals surface area contributed by atoms with Crippen LogP contribution in [0.3, 0.4) is 0 Å². The molecule has 0 aromatic heterocycles. The highest BCUT2D eigenvalue weighted by Crippen LogP contribution is 2.35. The zero-order valence-corrected chi connectivity index (χ0v) is 16.7. The number of methoxy groups -OCH3 is 2. The first-order valence-electron chi connectivity index (χ1n) is 9.03. The van der Waals surface area contributed by atoms with Gasteiger partial charge in [0.25, 0.3) is 11.8 Å². The number of rotatable bonds is 6. The van der Waals surface area contributed by atoms with Gasteiger partial charge in [0, 0.05) is 12.7 Å². The van der Waals surface area contributed by atoms with Crippen molar-refractivity contribution in [1.29, 1.82) is 0 Å². The average molecular weight is 380 g/mol. The SMILES string of the molecule is COc1ccc(C2=C(Nc3ccc(C(C)C)cc3)C(=O)N(C)C2=O)cc1OC. The molecule has 0 saturated carbocycles. The van der Waals surface area contributed by atoms with Crippen LogP contribution in [0, 0.1) is 0 Å². The molecule has 3 rings (SSSR count). The van der Waals surface area contributed by atoms with Gasteiger partial charge in [-0.25, -0.2) is 0 Å². The fourth-order valence-electron chi connectivity index (χ4n) is 3.11. The molecule has 1 aliphatic heterocycles. The summed E-state index contributed by atoms with van der Waals surface area (Å²) in [4.78, 5) is 26.5. The van der Waals surface area contributed by atoms with Crippen LogP contribution in [0.4, 0.5) is 5.69 Å². The van der Waals surface area contributed by atoms with Gasteiger partial charge in [0.1, 0.15) is 5.70 Å². The quantitative estimate of drug-likeness (QED) is 0.775. The number of ether oxygens (including phenoxy) is 2. The van der Waals surface area contributed by atoms with Crippen LogP contribution in [0.25, 0.3) is 5.57 Å². The van der Waals surface area contributed by atoms with Gasteiger partial charge in [0.15, 0.2) is 11.5 Å². The summed E-state index contributed by atoms with van der Waals surface area (Å²) in [5.74, 6) is 0.719. The third kappa shape index (κ3) is 3.45. The van der Waals surface area contributed by atoms with Crippen molar-refractivity contribution in [2.24, 2.45) is 0 Å². The number of carbonyl (C=O) groups is 2. The first kappa shape index (κ1) is 19.5. The van der Waals surface area contributed by atoms with Crippen LogP contribution in [0.1, 0.15) is 30.9 Å².